The first-order chi connectivity index (χ1) is 17.0. The van der Waals surface area contributed by atoms with Gasteiger partial charge in [-0.1, -0.05) is 30.3 Å². The summed E-state index contributed by atoms with van der Waals surface area (Å²) in [5.74, 6) is 0.328. The van der Waals surface area contributed by atoms with Gasteiger partial charge in [0.1, 0.15) is 19.0 Å². The SMILES string of the molecule is CCOc1ccc(C(=O)c2ccccc2C(=O)OCCOc2ccccc2C(C)=O)cc1OCC. The normalized spacial score (nSPS) is 10.4. The van der Waals surface area contributed by atoms with Crippen LogP contribution in [0.1, 0.15) is 57.4 Å². The lowest BCUT2D eigenvalue weighted by Crippen LogP contribution is -2.16. The van der Waals surface area contributed by atoms with Gasteiger partial charge in [0.2, 0.25) is 0 Å². The molecule has 35 heavy (non-hydrogen) atoms. The van der Waals surface area contributed by atoms with Gasteiger partial charge in [0.15, 0.2) is 23.1 Å². The number of ketones is 2. The fraction of sp³-hybridized carbons (Fsp3) is 0.250. The van der Waals surface area contributed by atoms with E-state index in [1.165, 1.54) is 6.92 Å². The van der Waals surface area contributed by atoms with E-state index in [-0.39, 0.29) is 35.9 Å². The lowest BCUT2D eigenvalue weighted by atomic mass is 9.98. The van der Waals surface area contributed by atoms with Gasteiger partial charge in [0.05, 0.1) is 24.3 Å². The minimum atomic E-state index is -0.645. The van der Waals surface area contributed by atoms with Gasteiger partial charge in [0.25, 0.3) is 0 Å². The Morgan fingerprint density at radius 2 is 1.29 bits per heavy atom. The van der Waals surface area contributed by atoms with E-state index < -0.39 is 5.97 Å². The zero-order chi connectivity index (χ0) is 25.2. The highest BCUT2D eigenvalue weighted by Crippen LogP contribution is 2.30. The van der Waals surface area contributed by atoms with Crippen LogP contribution in [0.25, 0.3) is 0 Å². The Kier molecular flexibility index (Phi) is 9.01. The molecule has 0 heterocycles. The molecule has 0 aromatic heterocycles. The number of para-hydroxylation sites is 1. The molecule has 0 aliphatic carbocycles. The number of Topliss-reactive ketones (excluding diaryl/α,β-unsaturated/α-hetero) is 1. The average molecular weight is 477 g/mol. The fourth-order valence-electron chi connectivity index (χ4n) is 3.45. The molecule has 0 aliphatic heterocycles. The molecule has 0 unspecified atom stereocenters. The zero-order valence-corrected chi connectivity index (χ0v) is 20.0. The van der Waals surface area contributed by atoms with Gasteiger partial charge in [-0.3, -0.25) is 9.59 Å². The van der Waals surface area contributed by atoms with Crippen LogP contribution in [0.3, 0.4) is 0 Å². The number of esters is 1. The molecule has 0 saturated carbocycles. The molecule has 182 valence electrons. The zero-order valence-electron chi connectivity index (χ0n) is 20.0. The summed E-state index contributed by atoms with van der Waals surface area (Å²) in [7, 11) is 0. The summed E-state index contributed by atoms with van der Waals surface area (Å²) in [4.78, 5) is 37.7. The van der Waals surface area contributed by atoms with Crippen LogP contribution in [-0.4, -0.2) is 44.0 Å². The van der Waals surface area contributed by atoms with Gasteiger partial charge in [-0.25, -0.2) is 4.79 Å². The predicted molar refractivity (Wildman–Crippen MR) is 131 cm³/mol. The molecule has 0 spiro atoms. The summed E-state index contributed by atoms with van der Waals surface area (Å²) >= 11 is 0. The van der Waals surface area contributed by atoms with Crippen molar-refractivity contribution >= 4 is 17.5 Å². The topological polar surface area (TPSA) is 88.1 Å². The Labute approximate surface area is 204 Å². The summed E-state index contributed by atoms with van der Waals surface area (Å²) in [5.41, 5.74) is 1.18. The maximum absolute atomic E-state index is 13.3. The van der Waals surface area contributed by atoms with E-state index in [2.05, 4.69) is 0 Å². The lowest BCUT2D eigenvalue weighted by molar-refractivity contribution is 0.0447. The fourth-order valence-corrected chi connectivity index (χ4v) is 3.45. The van der Waals surface area contributed by atoms with Crippen LogP contribution in [0, 0.1) is 0 Å². The van der Waals surface area contributed by atoms with E-state index >= 15 is 0 Å². The molecule has 7 heteroatoms. The average Bonchev–Trinajstić information content (AvgIpc) is 2.87. The quantitative estimate of drug-likeness (QED) is 0.203. The van der Waals surface area contributed by atoms with E-state index in [9.17, 15) is 14.4 Å². The molecular formula is C28H28O7. The second-order valence-electron chi connectivity index (χ2n) is 7.44. The molecule has 0 amide bonds. The first kappa shape index (κ1) is 25.5. The maximum Gasteiger partial charge on any atom is 0.339 e. The molecule has 0 atom stereocenters. The Morgan fingerprint density at radius 1 is 0.657 bits per heavy atom. The molecule has 0 radical (unpaired) electrons. The molecule has 0 aliphatic rings. The molecule has 3 rings (SSSR count). The predicted octanol–water partition coefficient (Wildman–Crippen LogP) is 5.15. The van der Waals surface area contributed by atoms with E-state index in [1.807, 2.05) is 13.8 Å². The van der Waals surface area contributed by atoms with E-state index in [0.29, 0.717) is 41.6 Å². The Balaban J connectivity index is 1.71. The number of hydrogen-bond donors (Lipinski definition) is 0. The van der Waals surface area contributed by atoms with Crippen molar-refractivity contribution in [3.8, 4) is 17.2 Å². The number of ether oxygens (including phenoxy) is 4. The summed E-state index contributed by atoms with van der Waals surface area (Å²) in [6, 6.07) is 18.3. The van der Waals surface area contributed by atoms with Gasteiger partial charge in [-0.2, -0.15) is 0 Å². The van der Waals surface area contributed by atoms with Crippen LogP contribution < -0.4 is 14.2 Å². The standard InChI is InChI=1S/C28H28O7/c1-4-32-25-15-14-20(18-26(25)33-5-2)27(30)22-11-6-7-12-23(22)28(31)35-17-16-34-24-13-9-8-10-21(24)19(3)29/h6-15,18H,4-5,16-17H2,1-3H3. The first-order valence-electron chi connectivity index (χ1n) is 11.4. The van der Waals surface area contributed by atoms with Crippen LogP contribution in [0.15, 0.2) is 66.7 Å². The third-order valence-corrected chi connectivity index (χ3v) is 5.04. The van der Waals surface area contributed by atoms with Crippen molar-refractivity contribution in [1.82, 2.24) is 0 Å². The molecule has 0 saturated heterocycles. The van der Waals surface area contributed by atoms with Crippen molar-refractivity contribution in [1.29, 1.82) is 0 Å². The van der Waals surface area contributed by atoms with Gasteiger partial charge in [-0.05, 0) is 57.2 Å². The molecular weight excluding hydrogens is 448 g/mol. The minimum Gasteiger partial charge on any atom is -0.490 e. The van der Waals surface area contributed by atoms with Crippen LogP contribution in [0.4, 0.5) is 0 Å². The van der Waals surface area contributed by atoms with Crippen molar-refractivity contribution in [3.05, 3.63) is 89.0 Å². The number of benzene rings is 3. The highest BCUT2D eigenvalue weighted by molar-refractivity contribution is 6.14. The number of carbonyl (C=O) groups is 3. The number of rotatable bonds is 12. The Bertz CT molecular complexity index is 1200. The monoisotopic (exact) mass is 476 g/mol. The summed E-state index contributed by atoms with van der Waals surface area (Å²) in [6.07, 6.45) is 0. The smallest absolute Gasteiger partial charge is 0.339 e. The van der Waals surface area contributed by atoms with Crippen LogP contribution in [0.5, 0.6) is 17.2 Å². The van der Waals surface area contributed by atoms with Crippen molar-refractivity contribution in [2.24, 2.45) is 0 Å². The molecule has 3 aromatic rings. The van der Waals surface area contributed by atoms with Crippen LogP contribution in [0.2, 0.25) is 0 Å². The van der Waals surface area contributed by atoms with Crippen molar-refractivity contribution in [2.75, 3.05) is 26.4 Å². The Hall–Kier alpha value is -4.13. The minimum absolute atomic E-state index is 0.0505. The summed E-state index contributed by atoms with van der Waals surface area (Å²) in [5, 5.41) is 0. The molecule has 7 nitrogen and oxygen atoms in total. The van der Waals surface area contributed by atoms with Crippen molar-refractivity contribution < 1.29 is 33.3 Å². The van der Waals surface area contributed by atoms with Gasteiger partial charge in [0, 0.05) is 11.1 Å². The number of carbonyl (C=O) groups excluding carboxylic acids is 3. The number of hydrogen-bond acceptors (Lipinski definition) is 7. The highest BCUT2D eigenvalue weighted by atomic mass is 16.6. The molecule has 0 fully saturated rings. The van der Waals surface area contributed by atoms with Crippen molar-refractivity contribution in [2.45, 2.75) is 20.8 Å². The van der Waals surface area contributed by atoms with Gasteiger partial charge < -0.3 is 18.9 Å². The highest BCUT2D eigenvalue weighted by Gasteiger charge is 2.20. The molecule has 0 N–H and O–H groups in total. The van der Waals surface area contributed by atoms with Crippen LogP contribution in [-0.2, 0) is 4.74 Å². The van der Waals surface area contributed by atoms with Gasteiger partial charge in [-0.15, -0.1) is 0 Å². The summed E-state index contributed by atoms with van der Waals surface area (Å²) in [6.45, 7) is 6.05. The van der Waals surface area contributed by atoms with Crippen LogP contribution >= 0.6 is 0 Å². The summed E-state index contributed by atoms with van der Waals surface area (Å²) < 4.78 is 22.1. The first-order valence-corrected chi connectivity index (χ1v) is 11.4. The maximum atomic E-state index is 13.3. The third kappa shape index (κ3) is 6.47. The van der Waals surface area contributed by atoms with E-state index in [1.54, 1.807) is 66.7 Å². The van der Waals surface area contributed by atoms with E-state index in [0.717, 1.165) is 0 Å². The van der Waals surface area contributed by atoms with Gasteiger partial charge >= 0.3 is 5.97 Å². The van der Waals surface area contributed by atoms with Crippen molar-refractivity contribution in [3.63, 3.8) is 0 Å². The Morgan fingerprint density at radius 3 is 1.97 bits per heavy atom. The third-order valence-electron chi connectivity index (χ3n) is 5.04. The second kappa shape index (κ2) is 12.4. The second-order valence-corrected chi connectivity index (χ2v) is 7.44. The van der Waals surface area contributed by atoms with E-state index in [4.69, 9.17) is 18.9 Å². The largest absolute Gasteiger partial charge is 0.490 e. The lowest BCUT2D eigenvalue weighted by Gasteiger charge is -2.13. The molecule has 0 bridgehead atoms. The molecule has 3 aromatic carbocycles.